The number of Topliss-reactive ketones (excluding diaryl/α,β-unsaturated/α-hetero) is 1. The predicted octanol–water partition coefficient (Wildman–Crippen LogP) is 4.35. The first-order valence-corrected chi connectivity index (χ1v) is 7.49. The Balaban J connectivity index is 1.92. The fourth-order valence-corrected chi connectivity index (χ4v) is 2.86. The van der Waals surface area contributed by atoms with Crippen molar-refractivity contribution in [2.24, 2.45) is 0 Å². The molecule has 0 saturated carbocycles. The van der Waals surface area contributed by atoms with Crippen LogP contribution in [0.3, 0.4) is 0 Å². The number of thioether (sulfide) groups is 1. The highest BCUT2D eigenvalue weighted by Crippen LogP contribution is 2.20. The first-order valence-electron chi connectivity index (χ1n) is 6.51. The Kier molecular flexibility index (Phi) is 4.96. The Morgan fingerprint density at radius 2 is 1.95 bits per heavy atom. The summed E-state index contributed by atoms with van der Waals surface area (Å²) in [7, 11) is 0. The molecule has 1 nitrogen and oxygen atoms in total. The van der Waals surface area contributed by atoms with Crippen LogP contribution in [-0.2, 0) is 11.2 Å². The maximum absolute atomic E-state index is 13.0. The first-order chi connectivity index (χ1) is 9.54. The Labute approximate surface area is 123 Å². The highest BCUT2D eigenvalue weighted by atomic mass is 32.2. The number of ketones is 1. The number of aryl methyl sites for hydroxylation is 2. The molecule has 0 aromatic heterocycles. The van der Waals surface area contributed by atoms with E-state index in [1.165, 1.54) is 17.7 Å². The van der Waals surface area contributed by atoms with Crippen molar-refractivity contribution in [1.82, 2.24) is 0 Å². The number of hydrogen-bond donors (Lipinski definition) is 0. The summed E-state index contributed by atoms with van der Waals surface area (Å²) in [5.41, 5.74) is 2.93. The van der Waals surface area contributed by atoms with Gasteiger partial charge in [0.05, 0.1) is 5.75 Å². The molecule has 2 aromatic rings. The van der Waals surface area contributed by atoms with Crippen molar-refractivity contribution in [3.8, 4) is 0 Å². The summed E-state index contributed by atoms with van der Waals surface area (Å²) in [6.07, 6.45) is 0.366. The third-order valence-corrected chi connectivity index (χ3v) is 4.14. The monoisotopic (exact) mass is 288 g/mol. The van der Waals surface area contributed by atoms with E-state index in [1.807, 2.05) is 32.0 Å². The number of rotatable bonds is 5. The van der Waals surface area contributed by atoms with E-state index in [-0.39, 0.29) is 11.6 Å². The average molecular weight is 288 g/mol. The van der Waals surface area contributed by atoms with Crippen molar-refractivity contribution in [2.45, 2.75) is 25.2 Å². The molecule has 0 aliphatic heterocycles. The molecule has 20 heavy (non-hydrogen) atoms. The minimum Gasteiger partial charge on any atom is -0.298 e. The van der Waals surface area contributed by atoms with Gasteiger partial charge in [0.15, 0.2) is 0 Å². The van der Waals surface area contributed by atoms with Gasteiger partial charge in [-0.3, -0.25) is 4.79 Å². The maximum atomic E-state index is 13.0. The topological polar surface area (TPSA) is 17.1 Å². The molecule has 0 N–H and O–H groups in total. The smallest absolute Gasteiger partial charge is 0.147 e. The molecule has 2 rings (SSSR count). The third-order valence-electron chi connectivity index (χ3n) is 3.08. The van der Waals surface area contributed by atoms with Crippen LogP contribution in [0, 0.1) is 19.7 Å². The lowest BCUT2D eigenvalue weighted by Crippen LogP contribution is -2.07. The van der Waals surface area contributed by atoms with Crippen molar-refractivity contribution < 1.29 is 9.18 Å². The molecule has 104 valence electrons. The third kappa shape index (κ3) is 4.20. The van der Waals surface area contributed by atoms with E-state index in [1.54, 1.807) is 17.8 Å². The Bertz CT molecular complexity index is 622. The lowest BCUT2D eigenvalue weighted by atomic mass is 10.0. The van der Waals surface area contributed by atoms with Crippen molar-refractivity contribution in [1.29, 1.82) is 0 Å². The molecule has 0 fully saturated rings. The van der Waals surface area contributed by atoms with Crippen LogP contribution in [0.5, 0.6) is 0 Å². The van der Waals surface area contributed by atoms with Gasteiger partial charge in [-0.05, 0) is 49.2 Å². The predicted molar refractivity (Wildman–Crippen MR) is 81.8 cm³/mol. The van der Waals surface area contributed by atoms with Gasteiger partial charge in [-0.25, -0.2) is 4.39 Å². The second-order valence-electron chi connectivity index (χ2n) is 4.89. The van der Waals surface area contributed by atoms with E-state index in [0.29, 0.717) is 12.2 Å². The van der Waals surface area contributed by atoms with Gasteiger partial charge in [0.25, 0.3) is 0 Å². The van der Waals surface area contributed by atoms with Crippen molar-refractivity contribution in [2.75, 3.05) is 5.75 Å². The standard InChI is InChI=1S/C17H17FOS/c1-12-4-3-5-17(8-12)20-11-16(19)10-14-6-7-15(18)9-13(14)2/h3-9H,10-11H2,1-2H3. The van der Waals surface area contributed by atoms with Gasteiger partial charge in [0.1, 0.15) is 11.6 Å². The highest BCUT2D eigenvalue weighted by Gasteiger charge is 2.08. The van der Waals surface area contributed by atoms with E-state index in [9.17, 15) is 9.18 Å². The lowest BCUT2D eigenvalue weighted by molar-refractivity contribution is -0.116. The van der Waals surface area contributed by atoms with Crippen LogP contribution in [0.4, 0.5) is 4.39 Å². The Morgan fingerprint density at radius 1 is 1.15 bits per heavy atom. The Morgan fingerprint density at radius 3 is 2.65 bits per heavy atom. The van der Waals surface area contributed by atoms with Gasteiger partial charge in [0, 0.05) is 11.3 Å². The Hall–Kier alpha value is -1.61. The molecule has 2 aromatic carbocycles. The van der Waals surface area contributed by atoms with Crippen LogP contribution >= 0.6 is 11.8 Å². The SMILES string of the molecule is Cc1cccc(SCC(=O)Cc2ccc(F)cc2C)c1. The molecule has 0 bridgehead atoms. The largest absolute Gasteiger partial charge is 0.298 e. The molecule has 0 aliphatic rings. The number of hydrogen-bond acceptors (Lipinski definition) is 2. The molecule has 0 spiro atoms. The maximum Gasteiger partial charge on any atom is 0.147 e. The van der Waals surface area contributed by atoms with Gasteiger partial charge >= 0.3 is 0 Å². The summed E-state index contributed by atoms with van der Waals surface area (Å²) in [5.74, 6) is 0.347. The zero-order chi connectivity index (χ0) is 14.5. The number of carbonyl (C=O) groups excluding carboxylic acids is 1. The fourth-order valence-electron chi connectivity index (χ4n) is 1.99. The molecule has 0 atom stereocenters. The number of carbonyl (C=O) groups is 1. The van der Waals surface area contributed by atoms with Crippen LogP contribution in [0.1, 0.15) is 16.7 Å². The summed E-state index contributed by atoms with van der Waals surface area (Å²) < 4.78 is 13.0. The molecule has 0 radical (unpaired) electrons. The summed E-state index contributed by atoms with van der Waals surface area (Å²) in [4.78, 5) is 13.1. The van der Waals surface area contributed by atoms with Crippen LogP contribution < -0.4 is 0 Å². The molecule has 0 amide bonds. The van der Waals surface area contributed by atoms with Crippen LogP contribution in [0.25, 0.3) is 0 Å². The van der Waals surface area contributed by atoms with Crippen molar-refractivity contribution in [3.05, 3.63) is 65.0 Å². The molecule has 0 heterocycles. The van der Waals surface area contributed by atoms with E-state index in [0.717, 1.165) is 16.0 Å². The molecule has 0 aliphatic carbocycles. The second kappa shape index (κ2) is 6.71. The summed E-state index contributed by atoms with van der Waals surface area (Å²) in [5, 5.41) is 0. The zero-order valence-electron chi connectivity index (χ0n) is 11.7. The summed E-state index contributed by atoms with van der Waals surface area (Å²) in [6.45, 7) is 3.87. The quantitative estimate of drug-likeness (QED) is 0.761. The normalized spacial score (nSPS) is 10.6. The molecular formula is C17H17FOS. The minimum atomic E-state index is -0.257. The van der Waals surface area contributed by atoms with E-state index in [4.69, 9.17) is 0 Å². The van der Waals surface area contributed by atoms with Crippen LogP contribution in [0.2, 0.25) is 0 Å². The lowest BCUT2D eigenvalue weighted by Gasteiger charge is -2.06. The molecular weight excluding hydrogens is 271 g/mol. The zero-order valence-corrected chi connectivity index (χ0v) is 12.5. The van der Waals surface area contributed by atoms with Crippen molar-refractivity contribution in [3.63, 3.8) is 0 Å². The minimum absolute atomic E-state index is 0.159. The van der Waals surface area contributed by atoms with E-state index < -0.39 is 0 Å². The van der Waals surface area contributed by atoms with Crippen molar-refractivity contribution >= 4 is 17.5 Å². The van der Waals surface area contributed by atoms with Gasteiger partial charge in [-0.2, -0.15) is 0 Å². The van der Waals surface area contributed by atoms with Gasteiger partial charge in [-0.1, -0.05) is 23.8 Å². The summed E-state index contributed by atoms with van der Waals surface area (Å²) >= 11 is 1.55. The van der Waals surface area contributed by atoms with Crippen LogP contribution in [-0.4, -0.2) is 11.5 Å². The average Bonchev–Trinajstić information content (AvgIpc) is 2.40. The highest BCUT2D eigenvalue weighted by molar-refractivity contribution is 8.00. The first kappa shape index (κ1) is 14.8. The van der Waals surface area contributed by atoms with E-state index >= 15 is 0 Å². The van der Waals surface area contributed by atoms with E-state index in [2.05, 4.69) is 6.07 Å². The molecule has 0 unspecified atom stereocenters. The summed E-state index contributed by atoms with van der Waals surface area (Å²) in [6, 6.07) is 12.7. The molecule has 0 saturated heterocycles. The van der Waals surface area contributed by atoms with Gasteiger partial charge < -0.3 is 0 Å². The van der Waals surface area contributed by atoms with Crippen LogP contribution in [0.15, 0.2) is 47.4 Å². The number of halogens is 1. The fraction of sp³-hybridized carbons (Fsp3) is 0.235. The molecule has 3 heteroatoms. The number of benzene rings is 2. The van der Waals surface area contributed by atoms with Gasteiger partial charge in [-0.15, -0.1) is 11.8 Å². The second-order valence-corrected chi connectivity index (χ2v) is 5.94. The van der Waals surface area contributed by atoms with Gasteiger partial charge in [0.2, 0.25) is 0 Å².